The summed E-state index contributed by atoms with van der Waals surface area (Å²) in [6.07, 6.45) is 2.97. The Morgan fingerprint density at radius 3 is 3.08 bits per heavy atom. The lowest BCUT2D eigenvalue weighted by Gasteiger charge is -1.91. The van der Waals surface area contributed by atoms with Crippen LogP contribution in [0.15, 0.2) is 18.5 Å². The number of hydrogen-bond acceptors (Lipinski definition) is 4. The summed E-state index contributed by atoms with van der Waals surface area (Å²) >= 11 is 5.55. The van der Waals surface area contributed by atoms with Crippen molar-refractivity contribution in [1.82, 2.24) is 14.4 Å². The van der Waals surface area contributed by atoms with E-state index in [9.17, 15) is 10.1 Å². The fourth-order valence-electron chi connectivity index (χ4n) is 1.01. The van der Waals surface area contributed by atoms with Crippen LogP contribution in [0.2, 0.25) is 5.15 Å². The van der Waals surface area contributed by atoms with Gasteiger partial charge in [0, 0.05) is 6.20 Å². The highest BCUT2D eigenvalue weighted by atomic mass is 35.5. The fourth-order valence-corrected chi connectivity index (χ4v) is 1.25. The Bertz CT molecular complexity index is 480. The van der Waals surface area contributed by atoms with Gasteiger partial charge in [-0.25, -0.2) is 0 Å². The van der Waals surface area contributed by atoms with E-state index in [0.29, 0.717) is 0 Å². The number of imidazole rings is 1. The molecule has 0 saturated heterocycles. The third-order valence-corrected chi connectivity index (χ3v) is 1.76. The van der Waals surface area contributed by atoms with Gasteiger partial charge in [0.15, 0.2) is 0 Å². The van der Waals surface area contributed by atoms with Crippen LogP contribution in [0.25, 0.3) is 5.78 Å². The molecule has 0 N–H and O–H groups in total. The van der Waals surface area contributed by atoms with Gasteiger partial charge in [-0.1, -0.05) is 11.6 Å². The number of hydrogen-bond donors (Lipinski definition) is 0. The standard InChI is InChI=1S/C6H3ClN4O2/c7-4-5(11(12)13)10-3-1-2-8-6(10)9-4/h1-3H. The molecule has 0 fully saturated rings. The molecule has 7 heteroatoms. The number of rotatable bonds is 1. The first-order valence-corrected chi connectivity index (χ1v) is 3.71. The number of fused-ring (bicyclic) bond motifs is 1. The normalized spacial score (nSPS) is 10.5. The van der Waals surface area contributed by atoms with Crippen LogP contribution < -0.4 is 0 Å². The Balaban J connectivity index is 2.86. The summed E-state index contributed by atoms with van der Waals surface area (Å²) in [5.41, 5.74) is 0. The van der Waals surface area contributed by atoms with Crippen molar-refractivity contribution in [2.24, 2.45) is 0 Å². The second-order valence-electron chi connectivity index (χ2n) is 2.27. The predicted octanol–water partition coefficient (Wildman–Crippen LogP) is 1.29. The van der Waals surface area contributed by atoms with Gasteiger partial charge in [0.2, 0.25) is 5.15 Å². The Kier molecular flexibility index (Phi) is 1.63. The Hall–Kier alpha value is -1.69. The number of nitrogens with zero attached hydrogens (tertiary/aromatic N) is 4. The van der Waals surface area contributed by atoms with E-state index in [4.69, 9.17) is 11.6 Å². The molecule has 66 valence electrons. The monoisotopic (exact) mass is 198 g/mol. The molecule has 0 aliphatic carbocycles. The molecule has 13 heavy (non-hydrogen) atoms. The van der Waals surface area contributed by atoms with Gasteiger partial charge in [-0.2, -0.15) is 14.4 Å². The predicted molar refractivity (Wildman–Crippen MR) is 44.7 cm³/mol. The molecule has 0 amide bonds. The van der Waals surface area contributed by atoms with E-state index >= 15 is 0 Å². The van der Waals surface area contributed by atoms with Crippen LogP contribution >= 0.6 is 11.6 Å². The number of halogens is 1. The molecule has 0 saturated carbocycles. The molecule has 0 bridgehead atoms. The Morgan fingerprint density at radius 1 is 1.62 bits per heavy atom. The van der Waals surface area contributed by atoms with Crippen molar-refractivity contribution >= 4 is 23.2 Å². The summed E-state index contributed by atoms with van der Waals surface area (Å²) in [5, 5.41) is 10.4. The number of nitro groups is 1. The van der Waals surface area contributed by atoms with E-state index in [1.807, 2.05) is 0 Å². The van der Waals surface area contributed by atoms with Crippen molar-refractivity contribution < 1.29 is 4.92 Å². The Labute approximate surface area is 76.9 Å². The van der Waals surface area contributed by atoms with Gasteiger partial charge in [0.05, 0.1) is 0 Å². The lowest BCUT2D eigenvalue weighted by Crippen LogP contribution is -1.94. The highest BCUT2D eigenvalue weighted by Crippen LogP contribution is 2.23. The number of aromatic nitrogens is 3. The van der Waals surface area contributed by atoms with Crippen LogP contribution in [0.3, 0.4) is 0 Å². The van der Waals surface area contributed by atoms with Gasteiger partial charge in [-0.05, 0) is 11.0 Å². The highest BCUT2D eigenvalue weighted by molar-refractivity contribution is 6.31. The van der Waals surface area contributed by atoms with Gasteiger partial charge >= 0.3 is 11.6 Å². The van der Waals surface area contributed by atoms with Crippen LogP contribution in [-0.4, -0.2) is 19.3 Å². The molecular formula is C6H3ClN4O2. The van der Waals surface area contributed by atoms with E-state index < -0.39 is 4.92 Å². The second kappa shape index (κ2) is 2.67. The zero-order valence-electron chi connectivity index (χ0n) is 6.22. The van der Waals surface area contributed by atoms with Crippen LogP contribution in [0.4, 0.5) is 5.82 Å². The first kappa shape index (κ1) is 7.93. The molecule has 2 rings (SSSR count). The molecule has 0 radical (unpaired) electrons. The lowest BCUT2D eigenvalue weighted by atomic mass is 10.6. The lowest BCUT2D eigenvalue weighted by molar-refractivity contribution is -0.390. The summed E-state index contributed by atoms with van der Waals surface area (Å²) in [6, 6.07) is 1.57. The van der Waals surface area contributed by atoms with Crippen molar-refractivity contribution in [3.63, 3.8) is 0 Å². The van der Waals surface area contributed by atoms with Crippen molar-refractivity contribution in [2.45, 2.75) is 0 Å². The van der Waals surface area contributed by atoms with E-state index in [1.165, 1.54) is 16.8 Å². The van der Waals surface area contributed by atoms with Gasteiger partial charge in [0.25, 0.3) is 0 Å². The smallest absolute Gasteiger partial charge is 0.358 e. The average Bonchev–Trinajstić information content (AvgIpc) is 2.39. The van der Waals surface area contributed by atoms with Crippen LogP contribution in [-0.2, 0) is 0 Å². The van der Waals surface area contributed by atoms with Crippen LogP contribution in [0.5, 0.6) is 0 Å². The largest absolute Gasteiger partial charge is 0.368 e. The van der Waals surface area contributed by atoms with E-state index in [0.717, 1.165) is 0 Å². The Morgan fingerprint density at radius 2 is 2.38 bits per heavy atom. The third kappa shape index (κ3) is 1.11. The second-order valence-corrected chi connectivity index (χ2v) is 2.63. The maximum atomic E-state index is 10.5. The molecule has 0 aromatic carbocycles. The van der Waals surface area contributed by atoms with E-state index in [2.05, 4.69) is 9.97 Å². The van der Waals surface area contributed by atoms with Gasteiger partial charge in [-0.3, -0.25) is 0 Å². The van der Waals surface area contributed by atoms with Gasteiger partial charge in [-0.15, -0.1) is 0 Å². The van der Waals surface area contributed by atoms with Crippen molar-refractivity contribution in [3.05, 3.63) is 33.7 Å². The first-order chi connectivity index (χ1) is 6.20. The van der Waals surface area contributed by atoms with Crippen molar-refractivity contribution in [2.75, 3.05) is 0 Å². The maximum absolute atomic E-state index is 10.5. The molecule has 0 aliphatic heterocycles. The first-order valence-electron chi connectivity index (χ1n) is 3.33. The quantitative estimate of drug-likeness (QED) is 0.511. The summed E-state index contributed by atoms with van der Waals surface area (Å²) in [4.78, 5) is 17.5. The fraction of sp³-hybridized carbons (Fsp3) is 0. The van der Waals surface area contributed by atoms with Crippen molar-refractivity contribution in [1.29, 1.82) is 0 Å². The van der Waals surface area contributed by atoms with Gasteiger partial charge in [0.1, 0.15) is 6.20 Å². The van der Waals surface area contributed by atoms with E-state index in [-0.39, 0.29) is 16.7 Å². The summed E-state index contributed by atoms with van der Waals surface area (Å²) in [7, 11) is 0. The van der Waals surface area contributed by atoms with E-state index in [1.54, 1.807) is 6.07 Å². The highest BCUT2D eigenvalue weighted by Gasteiger charge is 2.20. The molecular weight excluding hydrogens is 196 g/mol. The minimum absolute atomic E-state index is 0.149. The molecule has 2 aromatic heterocycles. The topological polar surface area (TPSA) is 73.3 Å². The molecule has 0 aliphatic rings. The summed E-state index contributed by atoms with van der Waals surface area (Å²) in [5.74, 6) is -0.0380. The summed E-state index contributed by atoms with van der Waals surface area (Å²) in [6.45, 7) is 0. The molecule has 0 spiro atoms. The van der Waals surface area contributed by atoms with Crippen LogP contribution in [0.1, 0.15) is 0 Å². The summed E-state index contributed by atoms with van der Waals surface area (Å²) < 4.78 is 1.22. The molecule has 0 unspecified atom stereocenters. The zero-order valence-corrected chi connectivity index (χ0v) is 6.97. The molecule has 2 aromatic rings. The molecule has 0 atom stereocenters. The van der Waals surface area contributed by atoms with Crippen LogP contribution in [0, 0.1) is 10.1 Å². The van der Waals surface area contributed by atoms with Gasteiger partial charge < -0.3 is 10.1 Å². The average molecular weight is 199 g/mol. The molecule has 2 heterocycles. The molecule has 6 nitrogen and oxygen atoms in total. The minimum Gasteiger partial charge on any atom is -0.358 e. The van der Waals surface area contributed by atoms with Crippen molar-refractivity contribution in [3.8, 4) is 0 Å². The SMILES string of the molecule is O=[N+]([O-])c1c(Cl)nc2ncccn12. The minimum atomic E-state index is -0.593. The maximum Gasteiger partial charge on any atom is 0.368 e. The third-order valence-electron chi connectivity index (χ3n) is 1.51. The zero-order chi connectivity index (χ0) is 9.42.